The first-order valence-corrected chi connectivity index (χ1v) is 10.5. The smallest absolute Gasteiger partial charge is 0.458 e. The number of halogens is 4. The minimum absolute atomic E-state index is 0.291. The van der Waals surface area contributed by atoms with Crippen LogP contribution in [0.25, 0.3) is 0 Å². The van der Waals surface area contributed by atoms with Crippen molar-refractivity contribution in [3.8, 4) is 11.5 Å². The number of amides is 2. The van der Waals surface area contributed by atoms with Crippen LogP contribution in [0, 0.1) is 0 Å². The summed E-state index contributed by atoms with van der Waals surface area (Å²) < 4.78 is 46.7. The van der Waals surface area contributed by atoms with Crippen LogP contribution in [0.2, 0.25) is 5.02 Å². The molecule has 1 aliphatic heterocycles. The van der Waals surface area contributed by atoms with E-state index in [-0.39, 0.29) is 5.75 Å². The van der Waals surface area contributed by atoms with Crippen molar-refractivity contribution in [2.24, 2.45) is 0 Å². The molecule has 0 radical (unpaired) electrons. The van der Waals surface area contributed by atoms with Gasteiger partial charge in [0.25, 0.3) is 0 Å². The lowest BCUT2D eigenvalue weighted by Gasteiger charge is -2.20. The number of nitrogens with zero attached hydrogens (tertiary/aromatic N) is 1. The molecule has 0 unspecified atom stereocenters. The van der Waals surface area contributed by atoms with Crippen molar-refractivity contribution in [1.82, 2.24) is 0 Å². The first-order valence-electron chi connectivity index (χ1n) is 10.2. The van der Waals surface area contributed by atoms with Crippen molar-refractivity contribution in [2.75, 3.05) is 28.6 Å². The standard InChI is InChI=1S/C24H19ClF3N3O3/c25-19-5-1-3-7-21(19)31-14-13-18(15-31)33-22-8-4-2-6-20(22)30-23(32)29-16-9-11-17(12-10-16)34-24(26,27)28/h1-13H,14-15H2,(H2,29,30,32). The molecule has 3 aromatic rings. The number of benzene rings is 3. The van der Waals surface area contributed by atoms with E-state index in [2.05, 4.69) is 20.3 Å². The van der Waals surface area contributed by atoms with Crippen LogP contribution in [0.5, 0.6) is 11.5 Å². The lowest BCUT2D eigenvalue weighted by molar-refractivity contribution is -0.274. The zero-order chi connectivity index (χ0) is 24.1. The van der Waals surface area contributed by atoms with Crippen LogP contribution in [0.1, 0.15) is 0 Å². The topological polar surface area (TPSA) is 62.8 Å². The molecule has 0 fully saturated rings. The molecule has 0 bridgehead atoms. The van der Waals surface area contributed by atoms with E-state index in [1.807, 2.05) is 30.3 Å². The highest BCUT2D eigenvalue weighted by atomic mass is 35.5. The van der Waals surface area contributed by atoms with Gasteiger partial charge in [-0.3, -0.25) is 0 Å². The van der Waals surface area contributed by atoms with Crippen LogP contribution in [0.4, 0.5) is 35.0 Å². The fourth-order valence-corrected chi connectivity index (χ4v) is 3.57. The highest BCUT2D eigenvalue weighted by molar-refractivity contribution is 6.33. The van der Waals surface area contributed by atoms with Crippen molar-refractivity contribution >= 4 is 34.7 Å². The third-order valence-corrected chi connectivity index (χ3v) is 5.12. The predicted octanol–water partition coefficient (Wildman–Crippen LogP) is 6.67. The van der Waals surface area contributed by atoms with Gasteiger partial charge in [-0.2, -0.15) is 0 Å². The van der Waals surface area contributed by atoms with Crippen molar-refractivity contribution < 1.29 is 27.4 Å². The Morgan fingerprint density at radius 3 is 2.38 bits per heavy atom. The van der Waals surface area contributed by atoms with Gasteiger partial charge in [0.2, 0.25) is 0 Å². The summed E-state index contributed by atoms with van der Waals surface area (Å²) in [7, 11) is 0. The molecule has 0 saturated carbocycles. The van der Waals surface area contributed by atoms with Crippen LogP contribution in [-0.4, -0.2) is 25.5 Å². The Morgan fingerprint density at radius 2 is 1.65 bits per heavy atom. The van der Waals surface area contributed by atoms with Gasteiger partial charge in [-0.1, -0.05) is 35.9 Å². The first kappa shape index (κ1) is 23.3. The van der Waals surface area contributed by atoms with Crippen LogP contribution in [0.3, 0.4) is 0 Å². The molecule has 2 amide bonds. The monoisotopic (exact) mass is 489 g/mol. The molecule has 0 saturated heterocycles. The van der Waals surface area contributed by atoms with E-state index in [1.54, 1.807) is 24.3 Å². The molecule has 0 aromatic heterocycles. The summed E-state index contributed by atoms with van der Waals surface area (Å²) in [6.07, 6.45) is -2.85. The lowest BCUT2D eigenvalue weighted by Crippen LogP contribution is -2.22. The number of para-hydroxylation sites is 3. The van der Waals surface area contributed by atoms with E-state index in [9.17, 15) is 18.0 Å². The van der Waals surface area contributed by atoms with Crippen LogP contribution in [-0.2, 0) is 0 Å². The van der Waals surface area contributed by atoms with E-state index in [0.717, 1.165) is 17.8 Å². The van der Waals surface area contributed by atoms with Crippen LogP contribution < -0.4 is 25.0 Å². The van der Waals surface area contributed by atoms with Gasteiger partial charge in [0.15, 0.2) is 5.75 Å². The molecule has 0 atom stereocenters. The number of alkyl halides is 3. The fraction of sp³-hybridized carbons (Fsp3) is 0.125. The van der Waals surface area contributed by atoms with Crippen molar-refractivity contribution in [3.63, 3.8) is 0 Å². The molecule has 176 valence electrons. The van der Waals surface area contributed by atoms with Crippen molar-refractivity contribution in [2.45, 2.75) is 6.36 Å². The number of carbonyl (C=O) groups is 1. The number of carbonyl (C=O) groups excluding carboxylic acids is 1. The molecular weight excluding hydrogens is 471 g/mol. The van der Waals surface area contributed by atoms with Crippen LogP contribution in [0.15, 0.2) is 84.6 Å². The number of rotatable bonds is 6. The molecule has 1 aliphatic rings. The molecular formula is C24H19ClF3N3O3. The highest BCUT2D eigenvalue weighted by Crippen LogP contribution is 2.31. The SMILES string of the molecule is O=C(Nc1ccc(OC(F)(F)F)cc1)Nc1ccccc1OC1=CCN(c2ccccc2Cl)C1. The van der Waals surface area contributed by atoms with E-state index >= 15 is 0 Å². The van der Waals surface area contributed by atoms with E-state index in [0.29, 0.717) is 41.0 Å². The molecule has 1 heterocycles. The maximum atomic E-state index is 12.4. The van der Waals surface area contributed by atoms with E-state index < -0.39 is 12.4 Å². The summed E-state index contributed by atoms with van der Waals surface area (Å²) in [5.74, 6) is 0.765. The molecule has 4 rings (SSSR count). The second kappa shape index (κ2) is 9.96. The third kappa shape index (κ3) is 6.14. The number of anilines is 3. The number of ether oxygens (including phenoxy) is 2. The van der Waals surface area contributed by atoms with Crippen molar-refractivity contribution in [1.29, 1.82) is 0 Å². The van der Waals surface area contributed by atoms with Gasteiger partial charge < -0.3 is 25.0 Å². The van der Waals surface area contributed by atoms with Gasteiger partial charge in [-0.05, 0) is 54.6 Å². The summed E-state index contributed by atoms with van der Waals surface area (Å²) >= 11 is 6.28. The second-order valence-electron chi connectivity index (χ2n) is 7.25. The zero-order valence-electron chi connectivity index (χ0n) is 17.6. The third-order valence-electron chi connectivity index (χ3n) is 4.80. The summed E-state index contributed by atoms with van der Waals surface area (Å²) in [4.78, 5) is 14.5. The Bertz CT molecular complexity index is 1200. The number of hydrogen-bond donors (Lipinski definition) is 2. The normalized spacial score (nSPS) is 13.3. The van der Waals surface area contributed by atoms with Gasteiger partial charge >= 0.3 is 12.4 Å². The van der Waals surface area contributed by atoms with Gasteiger partial charge in [0.1, 0.15) is 11.5 Å². The summed E-state index contributed by atoms with van der Waals surface area (Å²) in [6, 6.07) is 18.7. The Hall–Kier alpha value is -3.85. The average Bonchev–Trinajstić information content (AvgIpc) is 3.24. The first-order chi connectivity index (χ1) is 16.3. The number of urea groups is 1. The fourth-order valence-electron chi connectivity index (χ4n) is 3.32. The number of hydrogen-bond acceptors (Lipinski definition) is 4. The van der Waals surface area contributed by atoms with Crippen molar-refractivity contribution in [3.05, 3.63) is 89.7 Å². The zero-order valence-corrected chi connectivity index (χ0v) is 18.4. The minimum atomic E-state index is -4.78. The summed E-state index contributed by atoms with van der Waals surface area (Å²) in [6.45, 7) is 1.14. The van der Waals surface area contributed by atoms with Gasteiger partial charge in [-0.15, -0.1) is 13.2 Å². The lowest BCUT2D eigenvalue weighted by atomic mass is 10.3. The molecule has 6 nitrogen and oxygen atoms in total. The Morgan fingerprint density at radius 1 is 0.941 bits per heavy atom. The quantitative estimate of drug-likeness (QED) is 0.406. The highest BCUT2D eigenvalue weighted by Gasteiger charge is 2.31. The van der Waals surface area contributed by atoms with Gasteiger partial charge in [0.05, 0.1) is 22.9 Å². The summed E-state index contributed by atoms with van der Waals surface area (Å²) in [5.41, 5.74) is 1.62. The van der Waals surface area contributed by atoms with Crippen LogP contribution >= 0.6 is 11.6 Å². The van der Waals surface area contributed by atoms with Gasteiger partial charge in [0, 0.05) is 12.2 Å². The van der Waals surface area contributed by atoms with E-state index in [4.69, 9.17) is 16.3 Å². The summed E-state index contributed by atoms with van der Waals surface area (Å²) in [5, 5.41) is 5.89. The second-order valence-corrected chi connectivity index (χ2v) is 7.66. The maximum absolute atomic E-state index is 12.4. The Kier molecular flexibility index (Phi) is 6.83. The Balaban J connectivity index is 1.36. The molecule has 3 aromatic carbocycles. The molecule has 0 spiro atoms. The maximum Gasteiger partial charge on any atom is 0.573 e. The molecule has 10 heteroatoms. The number of nitrogens with one attached hydrogen (secondary N) is 2. The minimum Gasteiger partial charge on any atom is -0.458 e. The largest absolute Gasteiger partial charge is 0.573 e. The van der Waals surface area contributed by atoms with Gasteiger partial charge in [-0.25, -0.2) is 4.79 Å². The molecule has 2 N–H and O–H groups in total. The predicted molar refractivity (Wildman–Crippen MR) is 125 cm³/mol. The molecule has 0 aliphatic carbocycles. The Labute approximate surface area is 198 Å². The van der Waals surface area contributed by atoms with E-state index in [1.165, 1.54) is 12.1 Å². The molecule has 34 heavy (non-hydrogen) atoms. The average molecular weight is 490 g/mol.